The lowest BCUT2D eigenvalue weighted by Crippen LogP contribution is -2.63. The van der Waals surface area contributed by atoms with Gasteiger partial charge in [0.05, 0.1) is 5.56 Å². The van der Waals surface area contributed by atoms with Crippen molar-refractivity contribution in [1.29, 1.82) is 0 Å². The molecule has 2 aromatic carbocycles. The Kier molecular flexibility index (Phi) is 8.51. The minimum Gasteiger partial charge on any atom is -0.352 e. The summed E-state index contributed by atoms with van der Waals surface area (Å²) in [5.74, 6) is -6.14. The Morgan fingerprint density at radius 2 is 1.53 bits per heavy atom. The molecule has 1 fully saturated rings. The predicted octanol–water partition coefficient (Wildman–Crippen LogP) is 3.04. The number of amides is 3. The molecule has 0 atom stereocenters. The molecular weight excluding hydrogens is 511 g/mol. The lowest BCUT2D eigenvalue weighted by Gasteiger charge is -2.37. The van der Waals surface area contributed by atoms with Gasteiger partial charge in [0, 0.05) is 29.2 Å². The molecule has 1 heterocycles. The average Bonchev–Trinajstić information content (AvgIpc) is 2.83. The van der Waals surface area contributed by atoms with E-state index in [2.05, 4.69) is 21.3 Å². The summed E-state index contributed by atoms with van der Waals surface area (Å²) < 4.78 is 66.5. The minimum atomic E-state index is -5.22. The summed E-state index contributed by atoms with van der Waals surface area (Å²) >= 11 is 5.78. The molecule has 1 saturated heterocycles. The molecule has 0 bridgehead atoms. The summed E-state index contributed by atoms with van der Waals surface area (Å²) in [6, 6.07) is 6.70. The zero-order valence-corrected chi connectivity index (χ0v) is 19.5. The third-order valence-corrected chi connectivity index (χ3v) is 5.89. The molecule has 4 N–H and O–H groups in total. The fourth-order valence-electron chi connectivity index (χ4n) is 3.70. The van der Waals surface area contributed by atoms with E-state index in [1.54, 1.807) is 12.1 Å². The van der Waals surface area contributed by atoms with Gasteiger partial charge in [-0.3, -0.25) is 14.4 Å². The van der Waals surface area contributed by atoms with Gasteiger partial charge in [-0.2, -0.15) is 13.2 Å². The van der Waals surface area contributed by atoms with Crippen LogP contribution in [0.2, 0.25) is 5.02 Å². The summed E-state index contributed by atoms with van der Waals surface area (Å²) in [5, 5.41) is 11.1. The van der Waals surface area contributed by atoms with E-state index in [1.807, 2.05) is 0 Å². The molecule has 13 heteroatoms. The van der Waals surface area contributed by atoms with E-state index < -0.39 is 52.2 Å². The highest BCUT2D eigenvalue weighted by Crippen LogP contribution is 2.33. The lowest BCUT2D eigenvalue weighted by atomic mass is 9.86. The van der Waals surface area contributed by atoms with E-state index in [1.165, 1.54) is 12.1 Å². The number of carbonyl (C=O) groups excluding carboxylic acids is 3. The topological polar surface area (TPSA) is 99.3 Å². The number of alkyl halides is 3. The minimum absolute atomic E-state index is 0.00733. The maximum absolute atomic E-state index is 13.8. The van der Waals surface area contributed by atoms with E-state index >= 15 is 0 Å². The Balaban J connectivity index is 1.66. The molecule has 3 amide bonds. The highest BCUT2D eigenvalue weighted by Gasteiger charge is 2.42. The number of piperidine rings is 1. The van der Waals surface area contributed by atoms with E-state index in [0.29, 0.717) is 29.7 Å². The first-order chi connectivity index (χ1) is 16.9. The molecule has 0 spiro atoms. The van der Waals surface area contributed by atoms with Crippen molar-refractivity contribution in [2.24, 2.45) is 0 Å². The van der Waals surface area contributed by atoms with Crippen molar-refractivity contribution in [3.8, 4) is 0 Å². The summed E-state index contributed by atoms with van der Waals surface area (Å²) in [4.78, 5) is 37.9. The Bertz CT molecular complexity index is 1140. The summed E-state index contributed by atoms with van der Waals surface area (Å²) in [6.07, 6.45) is -5.03. The molecule has 1 aliphatic rings. The summed E-state index contributed by atoms with van der Waals surface area (Å²) in [6.45, 7) is 0.666. The van der Waals surface area contributed by atoms with Crippen molar-refractivity contribution in [2.75, 3.05) is 26.2 Å². The summed E-state index contributed by atoms with van der Waals surface area (Å²) in [7, 11) is 0. The van der Waals surface area contributed by atoms with Crippen LogP contribution in [0, 0.1) is 11.6 Å². The molecule has 36 heavy (non-hydrogen) atoms. The number of benzene rings is 2. The number of nitrogens with one attached hydrogen (secondary N) is 4. The van der Waals surface area contributed by atoms with Crippen LogP contribution in [0.4, 0.5) is 22.0 Å². The van der Waals surface area contributed by atoms with Crippen molar-refractivity contribution in [3.05, 3.63) is 69.7 Å². The van der Waals surface area contributed by atoms with Crippen LogP contribution in [0.3, 0.4) is 0 Å². The Hall–Kier alpha value is -3.25. The third kappa shape index (κ3) is 6.49. The lowest BCUT2D eigenvalue weighted by molar-refractivity contribution is -0.140. The highest BCUT2D eigenvalue weighted by molar-refractivity contribution is 6.30. The SMILES string of the molecule is O=C(NCCNC(=O)C1(NC(=O)c2cc(F)c(F)c(C(F)(F)F)c2)CCNCC1)c1ccc(Cl)cc1. The second kappa shape index (κ2) is 11.2. The highest BCUT2D eigenvalue weighted by atomic mass is 35.5. The molecule has 3 rings (SSSR count). The van der Waals surface area contributed by atoms with Crippen LogP contribution in [-0.2, 0) is 11.0 Å². The van der Waals surface area contributed by atoms with Gasteiger partial charge in [-0.1, -0.05) is 11.6 Å². The standard InChI is InChI=1S/C23H22ClF5N4O3/c24-15-3-1-13(2-4-15)19(34)31-9-10-32-21(36)22(5-7-30-8-6-22)33-20(35)14-11-16(23(27,28)29)18(26)17(25)12-14/h1-4,11-12,30H,5-10H2,(H,31,34)(H,32,36)(H,33,35). The largest absolute Gasteiger partial charge is 0.419 e. The number of rotatable bonds is 7. The number of hydrogen-bond acceptors (Lipinski definition) is 4. The molecule has 0 unspecified atom stereocenters. The molecule has 194 valence electrons. The van der Waals surface area contributed by atoms with Crippen LogP contribution in [0.15, 0.2) is 36.4 Å². The second-order valence-electron chi connectivity index (χ2n) is 8.12. The fraction of sp³-hybridized carbons (Fsp3) is 0.348. The Labute approximate surface area is 207 Å². The molecular formula is C23H22ClF5N4O3. The van der Waals surface area contributed by atoms with Crippen molar-refractivity contribution >= 4 is 29.3 Å². The van der Waals surface area contributed by atoms with Gasteiger partial charge in [-0.25, -0.2) is 8.78 Å². The Morgan fingerprint density at radius 1 is 0.917 bits per heavy atom. The van der Waals surface area contributed by atoms with Crippen molar-refractivity contribution in [1.82, 2.24) is 21.3 Å². The number of halogens is 6. The average molecular weight is 533 g/mol. The molecule has 7 nitrogen and oxygen atoms in total. The van der Waals surface area contributed by atoms with Crippen molar-refractivity contribution in [3.63, 3.8) is 0 Å². The van der Waals surface area contributed by atoms with Gasteiger partial charge in [-0.15, -0.1) is 0 Å². The number of hydrogen-bond donors (Lipinski definition) is 4. The maximum atomic E-state index is 13.8. The van der Waals surface area contributed by atoms with Gasteiger partial charge < -0.3 is 21.3 Å². The van der Waals surface area contributed by atoms with E-state index in [0.717, 1.165) is 0 Å². The molecule has 0 saturated carbocycles. The summed E-state index contributed by atoms with van der Waals surface area (Å²) in [5.41, 5.74) is -3.85. The predicted molar refractivity (Wildman–Crippen MR) is 120 cm³/mol. The fourth-order valence-corrected chi connectivity index (χ4v) is 3.83. The first kappa shape index (κ1) is 27.3. The van der Waals surface area contributed by atoms with Gasteiger partial charge in [-0.05, 0) is 62.3 Å². The van der Waals surface area contributed by atoms with Crippen LogP contribution < -0.4 is 21.3 Å². The normalized spacial score (nSPS) is 15.2. The molecule has 0 aromatic heterocycles. The Morgan fingerprint density at radius 3 is 2.14 bits per heavy atom. The van der Waals surface area contributed by atoms with E-state index in [-0.39, 0.29) is 32.0 Å². The molecule has 0 aliphatic carbocycles. The number of carbonyl (C=O) groups is 3. The van der Waals surface area contributed by atoms with E-state index in [9.17, 15) is 36.3 Å². The van der Waals surface area contributed by atoms with Gasteiger partial charge in [0.15, 0.2) is 11.6 Å². The zero-order valence-electron chi connectivity index (χ0n) is 18.7. The second-order valence-corrected chi connectivity index (χ2v) is 8.56. The maximum Gasteiger partial charge on any atom is 0.419 e. The molecule has 0 radical (unpaired) electrons. The zero-order chi connectivity index (χ0) is 26.5. The van der Waals surface area contributed by atoms with Gasteiger partial charge >= 0.3 is 6.18 Å². The third-order valence-electron chi connectivity index (χ3n) is 5.64. The van der Waals surface area contributed by atoms with Crippen molar-refractivity contribution in [2.45, 2.75) is 24.6 Å². The van der Waals surface area contributed by atoms with Crippen LogP contribution in [0.1, 0.15) is 39.1 Å². The van der Waals surface area contributed by atoms with E-state index in [4.69, 9.17) is 11.6 Å². The van der Waals surface area contributed by atoms with Gasteiger partial charge in [0.1, 0.15) is 5.54 Å². The van der Waals surface area contributed by atoms with Gasteiger partial charge in [0.2, 0.25) is 5.91 Å². The molecule has 1 aliphatic heterocycles. The first-order valence-electron chi connectivity index (χ1n) is 10.8. The van der Waals surface area contributed by atoms with Gasteiger partial charge in [0.25, 0.3) is 11.8 Å². The van der Waals surface area contributed by atoms with Crippen LogP contribution in [-0.4, -0.2) is 49.4 Å². The smallest absolute Gasteiger partial charge is 0.352 e. The first-order valence-corrected chi connectivity index (χ1v) is 11.2. The van der Waals surface area contributed by atoms with Crippen molar-refractivity contribution < 1.29 is 36.3 Å². The molecule has 2 aromatic rings. The quantitative estimate of drug-likeness (QED) is 0.325. The van der Waals surface area contributed by atoms with Crippen LogP contribution >= 0.6 is 11.6 Å². The van der Waals surface area contributed by atoms with Crippen LogP contribution in [0.5, 0.6) is 0 Å². The van der Waals surface area contributed by atoms with Crippen LogP contribution in [0.25, 0.3) is 0 Å². The monoisotopic (exact) mass is 532 g/mol.